The van der Waals surface area contributed by atoms with Gasteiger partial charge in [0.15, 0.2) is 0 Å². The number of benzene rings is 2. The van der Waals surface area contributed by atoms with E-state index >= 15 is 0 Å². The predicted molar refractivity (Wildman–Crippen MR) is 149 cm³/mol. The molecule has 0 saturated heterocycles. The number of fused-ring (bicyclic) bond motifs is 1. The van der Waals surface area contributed by atoms with E-state index in [1.54, 1.807) is 19.1 Å². The minimum absolute atomic E-state index is 0.00422. The van der Waals surface area contributed by atoms with Crippen molar-refractivity contribution in [3.05, 3.63) is 58.7 Å². The van der Waals surface area contributed by atoms with E-state index in [9.17, 15) is 23.2 Å². The first-order chi connectivity index (χ1) is 19.0. The third-order valence-corrected chi connectivity index (χ3v) is 7.95. The Morgan fingerprint density at radius 2 is 1.75 bits per heavy atom. The van der Waals surface area contributed by atoms with Crippen molar-refractivity contribution in [2.45, 2.75) is 90.8 Å². The highest BCUT2D eigenvalue weighted by Gasteiger charge is 2.47. The molecule has 1 N–H and O–H groups in total. The van der Waals surface area contributed by atoms with Crippen LogP contribution in [0.25, 0.3) is 0 Å². The Hall–Kier alpha value is -3.49. The molecule has 1 fully saturated rings. The molecule has 2 aromatic rings. The fourth-order valence-electron chi connectivity index (χ4n) is 5.81. The molecule has 4 rings (SSSR count). The van der Waals surface area contributed by atoms with E-state index in [1.807, 2.05) is 25.7 Å². The van der Waals surface area contributed by atoms with Crippen LogP contribution in [0, 0.1) is 18.6 Å². The van der Waals surface area contributed by atoms with Gasteiger partial charge in [-0.1, -0.05) is 26.2 Å². The van der Waals surface area contributed by atoms with Gasteiger partial charge in [-0.25, -0.2) is 8.78 Å². The first kappa shape index (κ1) is 29.5. The number of rotatable bonds is 8. The lowest BCUT2D eigenvalue weighted by molar-refractivity contribution is -0.135. The van der Waals surface area contributed by atoms with Crippen molar-refractivity contribution in [3.8, 4) is 5.75 Å². The van der Waals surface area contributed by atoms with Crippen molar-refractivity contribution in [2.24, 2.45) is 0 Å². The van der Waals surface area contributed by atoms with Crippen LogP contribution in [0.3, 0.4) is 0 Å². The quantitative estimate of drug-likeness (QED) is 0.458. The van der Waals surface area contributed by atoms with Gasteiger partial charge in [0.1, 0.15) is 17.4 Å². The summed E-state index contributed by atoms with van der Waals surface area (Å²) in [5.74, 6) is -2.16. The highest BCUT2D eigenvalue weighted by atomic mass is 19.1. The molecule has 0 spiro atoms. The third kappa shape index (κ3) is 5.83. The SMILES string of the molecule is CCC(=O)NCCN1C(=O)C(C)(c2cc(F)cc(F)c2)Oc2cc(C)c(C(=O)N(C(C)C)C3CCCCC3)cc21. The predicted octanol–water partition coefficient (Wildman–Crippen LogP) is 5.62. The smallest absolute Gasteiger partial charge is 0.275 e. The second-order valence-corrected chi connectivity index (χ2v) is 11.2. The number of ether oxygens (including phenoxy) is 1. The summed E-state index contributed by atoms with van der Waals surface area (Å²) >= 11 is 0. The lowest BCUT2D eigenvalue weighted by Gasteiger charge is -2.42. The molecule has 40 heavy (non-hydrogen) atoms. The van der Waals surface area contributed by atoms with E-state index in [4.69, 9.17) is 4.74 Å². The topological polar surface area (TPSA) is 79.0 Å². The molecule has 1 unspecified atom stereocenters. The van der Waals surface area contributed by atoms with E-state index in [-0.39, 0.29) is 49.0 Å². The van der Waals surface area contributed by atoms with E-state index in [0.29, 0.717) is 22.6 Å². The van der Waals surface area contributed by atoms with Crippen LogP contribution in [0.1, 0.15) is 87.7 Å². The number of amides is 3. The van der Waals surface area contributed by atoms with Crippen LogP contribution in [-0.4, -0.2) is 47.8 Å². The van der Waals surface area contributed by atoms with Crippen LogP contribution < -0.4 is 15.0 Å². The summed E-state index contributed by atoms with van der Waals surface area (Å²) in [6, 6.07) is 6.44. The van der Waals surface area contributed by atoms with Crippen LogP contribution in [0.2, 0.25) is 0 Å². The van der Waals surface area contributed by atoms with Gasteiger partial charge in [-0.2, -0.15) is 0 Å². The number of carbonyl (C=O) groups excluding carboxylic acids is 3. The summed E-state index contributed by atoms with van der Waals surface area (Å²) in [6.45, 7) is 9.29. The van der Waals surface area contributed by atoms with Crippen molar-refractivity contribution in [1.29, 1.82) is 0 Å². The molecule has 7 nitrogen and oxygen atoms in total. The Balaban J connectivity index is 1.78. The molecule has 216 valence electrons. The van der Waals surface area contributed by atoms with Crippen LogP contribution in [-0.2, 0) is 15.2 Å². The minimum Gasteiger partial charge on any atom is -0.471 e. The molecule has 1 saturated carbocycles. The number of aryl methyl sites for hydroxylation is 1. The Bertz CT molecular complexity index is 1270. The molecule has 1 atom stereocenters. The van der Waals surface area contributed by atoms with E-state index < -0.39 is 23.1 Å². The van der Waals surface area contributed by atoms with Crippen molar-refractivity contribution in [3.63, 3.8) is 0 Å². The Labute approximate surface area is 234 Å². The van der Waals surface area contributed by atoms with Gasteiger partial charge in [0, 0.05) is 48.8 Å². The molecule has 0 aromatic heterocycles. The van der Waals surface area contributed by atoms with Crippen LogP contribution in [0.5, 0.6) is 5.75 Å². The van der Waals surface area contributed by atoms with Crippen LogP contribution >= 0.6 is 0 Å². The fourth-order valence-corrected chi connectivity index (χ4v) is 5.81. The van der Waals surface area contributed by atoms with Crippen LogP contribution in [0.15, 0.2) is 30.3 Å². The molecule has 2 aromatic carbocycles. The van der Waals surface area contributed by atoms with Gasteiger partial charge in [0.05, 0.1) is 5.69 Å². The van der Waals surface area contributed by atoms with E-state index in [1.165, 1.54) is 18.2 Å². The number of halogens is 2. The standard InChI is InChI=1S/C31H39F2N3O4/c1-6-28(37)34-12-13-35-26-18-25(29(38)36(19(2)3)24-10-8-7-9-11-24)20(4)14-27(26)40-31(5,30(35)39)21-15-22(32)17-23(33)16-21/h14-19,24H,6-13H2,1-5H3,(H,34,37). The maximum Gasteiger partial charge on any atom is 0.275 e. The molecular formula is C31H39F2N3O4. The fraction of sp³-hybridized carbons (Fsp3) is 0.516. The van der Waals surface area contributed by atoms with Gasteiger partial charge >= 0.3 is 0 Å². The van der Waals surface area contributed by atoms with Gasteiger partial charge < -0.3 is 19.9 Å². The van der Waals surface area contributed by atoms with Gasteiger partial charge in [-0.05, 0) is 70.4 Å². The second-order valence-electron chi connectivity index (χ2n) is 11.2. The largest absolute Gasteiger partial charge is 0.471 e. The molecule has 0 radical (unpaired) electrons. The molecule has 0 bridgehead atoms. The normalized spacial score (nSPS) is 19.3. The number of hydrogen-bond donors (Lipinski definition) is 1. The Kier molecular flexibility index (Phi) is 8.80. The molecular weight excluding hydrogens is 516 g/mol. The zero-order chi connectivity index (χ0) is 29.2. The van der Waals surface area contributed by atoms with Crippen molar-refractivity contribution in [1.82, 2.24) is 10.2 Å². The van der Waals surface area contributed by atoms with E-state index in [2.05, 4.69) is 5.32 Å². The zero-order valence-corrected chi connectivity index (χ0v) is 24.0. The van der Waals surface area contributed by atoms with Crippen molar-refractivity contribution < 1.29 is 27.9 Å². The molecule has 1 aliphatic heterocycles. The lowest BCUT2D eigenvalue weighted by Crippen LogP contribution is -2.54. The Morgan fingerprint density at radius 1 is 1.10 bits per heavy atom. The first-order valence-electron chi connectivity index (χ1n) is 14.2. The highest BCUT2D eigenvalue weighted by Crippen LogP contribution is 2.44. The summed E-state index contributed by atoms with van der Waals surface area (Å²) in [6.07, 6.45) is 5.55. The first-order valence-corrected chi connectivity index (χ1v) is 14.2. The number of anilines is 1. The average Bonchev–Trinajstić information content (AvgIpc) is 2.90. The molecule has 1 aliphatic carbocycles. The van der Waals surface area contributed by atoms with Crippen molar-refractivity contribution in [2.75, 3.05) is 18.0 Å². The summed E-state index contributed by atoms with van der Waals surface area (Å²) in [7, 11) is 0. The molecule has 3 amide bonds. The average molecular weight is 556 g/mol. The summed E-state index contributed by atoms with van der Waals surface area (Å²) < 4.78 is 34.6. The van der Waals surface area contributed by atoms with E-state index in [0.717, 1.165) is 43.9 Å². The van der Waals surface area contributed by atoms with Gasteiger partial charge in [0.25, 0.3) is 11.8 Å². The summed E-state index contributed by atoms with van der Waals surface area (Å²) in [4.78, 5) is 43.3. The Morgan fingerprint density at radius 3 is 2.35 bits per heavy atom. The third-order valence-electron chi connectivity index (χ3n) is 7.95. The number of carbonyl (C=O) groups is 3. The second kappa shape index (κ2) is 11.9. The monoisotopic (exact) mass is 555 g/mol. The van der Waals surface area contributed by atoms with Gasteiger partial charge in [0.2, 0.25) is 11.5 Å². The van der Waals surface area contributed by atoms with Crippen molar-refractivity contribution >= 4 is 23.4 Å². The molecule has 1 heterocycles. The number of nitrogens with zero attached hydrogens (tertiary/aromatic N) is 2. The van der Waals surface area contributed by atoms with Gasteiger partial charge in [-0.15, -0.1) is 0 Å². The number of hydrogen-bond acceptors (Lipinski definition) is 4. The maximum atomic E-state index is 14.2. The summed E-state index contributed by atoms with van der Waals surface area (Å²) in [5.41, 5.74) is -0.172. The zero-order valence-electron chi connectivity index (χ0n) is 24.0. The lowest BCUT2D eigenvalue weighted by atomic mass is 9.90. The van der Waals surface area contributed by atoms with Crippen LogP contribution in [0.4, 0.5) is 14.5 Å². The van der Waals surface area contributed by atoms with Gasteiger partial charge in [-0.3, -0.25) is 14.4 Å². The molecule has 9 heteroatoms. The molecule has 2 aliphatic rings. The minimum atomic E-state index is -1.73. The maximum absolute atomic E-state index is 14.2. The number of nitrogens with one attached hydrogen (secondary N) is 1. The highest BCUT2D eigenvalue weighted by molar-refractivity contribution is 6.05. The summed E-state index contributed by atoms with van der Waals surface area (Å²) in [5, 5.41) is 2.77.